The largest absolute Gasteiger partial charge is 0.491 e. The molecular formula is C14H19F4NO2. The summed E-state index contributed by atoms with van der Waals surface area (Å²) in [5.41, 5.74) is -2.62. The van der Waals surface area contributed by atoms with Crippen molar-refractivity contribution in [3.63, 3.8) is 0 Å². The molecule has 0 saturated heterocycles. The van der Waals surface area contributed by atoms with E-state index >= 15 is 0 Å². The summed E-state index contributed by atoms with van der Waals surface area (Å²) in [4.78, 5) is 0. The molecule has 1 aromatic carbocycles. The first-order valence-electron chi connectivity index (χ1n) is 6.58. The molecule has 0 amide bonds. The topological polar surface area (TPSA) is 41.5 Å². The average molecular weight is 309 g/mol. The van der Waals surface area contributed by atoms with Gasteiger partial charge in [0.2, 0.25) is 0 Å². The molecule has 0 fully saturated rings. The van der Waals surface area contributed by atoms with Crippen LogP contribution in [-0.2, 0) is 6.18 Å². The molecule has 1 atom stereocenters. The summed E-state index contributed by atoms with van der Waals surface area (Å²) in [5, 5.41) is 13.0. The highest BCUT2D eigenvalue weighted by Gasteiger charge is 2.34. The number of hydrogen-bond donors (Lipinski definition) is 2. The third kappa shape index (κ3) is 5.89. The van der Waals surface area contributed by atoms with Crippen molar-refractivity contribution in [2.24, 2.45) is 0 Å². The number of nitrogens with one attached hydrogen (secondary N) is 1. The van der Waals surface area contributed by atoms with E-state index < -0.39 is 23.2 Å². The molecular weight excluding hydrogens is 290 g/mol. The van der Waals surface area contributed by atoms with Crippen LogP contribution in [0.5, 0.6) is 5.75 Å². The molecule has 0 saturated carbocycles. The van der Waals surface area contributed by atoms with Crippen LogP contribution in [0.15, 0.2) is 18.2 Å². The van der Waals surface area contributed by atoms with Crippen LogP contribution in [0.2, 0.25) is 0 Å². The molecule has 0 heterocycles. The fourth-order valence-corrected chi connectivity index (χ4v) is 1.64. The minimum Gasteiger partial charge on any atom is -0.491 e. The van der Waals surface area contributed by atoms with Gasteiger partial charge in [0.15, 0.2) is 0 Å². The summed E-state index contributed by atoms with van der Waals surface area (Å²) in [6, 6.07) is 2.38. The summed E-state index contributed by atoms with van der Waals surface area (Å²) in [6.07, 6.45) is -3.89. The van der Waals surface area contributed by atoms with Gasteiger partial charge in [0.05, 0.1) is 5.56 Å². The first kappa shape index (κ1) is 17.7. The molecule has 0 spiro atoms. The molecule has 7 heteroatoms. The first-order chi connectivity index (χ1) is 9.65. The van der Waals surface area contributed by atoms with Gasteiger partial charge in [-0.1, -0.05) is 6.92 Å². The van der Waals surface area contributed by atoms with Gasteiger partial charge in [-0.25, -0.2) is 4.39 Å². The highest BCUT2D eigenvalue weighted by atomic mass is 19.4. The lowest BCUT2D eigenvalue weighted by molar-refractivity contribution is -0.140. The number of aliphatic hydroxyl groups is 1. The van der Waals surface area contributed by atoms with Crippen molar-refractivity contribution in [1.82, 2.24) is 5.32 Å². The second kappa shape index (κ2) is 7.09. The minimum atomic E-state index is -4.78. The molecule has 1 unspecified atom stereocenters. The molecule has 0 aliphatic carbocycles. The Bertz CT molecular complexity index is 461. The zero-order valence-electron chi connectivity index (χ0n) is 11.9. The summed E-state index contributed by atoms with van der Waals surface area (Å²) in [6.45, 7) is 4.23. The van der Waals surface area contributed by atoms with Crippen LogP contribution in [0.1, 0.15) is 25.8 Å². The summed E-state index contributed by atoms with van der Waals surface area (Å²) in [5.74, 6) is -1.49. The molecule has 0 radical (unpaired) electrons. The van der Waals surface area contributed by atoms with Crippen molar-refractivity contribution in [3.8, 4) is 5.75 Å². The normalized spacial score (nSPS) is 14.8. The molecule has 2 N–H and O–H groups in total. The predicted octanol–water partition coefficient (Wildman–Crippen LogP) is 2.97. The fraction of sp³-hybridized carbons (Fsp3) is 0.571. The van der Waals surface area contributed by atoms with Crippen molar-refractivity contribution in [3.05, 3.63) is 29.6 Å². The van der Waals surface area contributed by atoms with E-state index in [1.807, 2.05) is 6.92 Å². The van der Waals surface area contributed by atoms with Gasteiger partial charge in [0, 0.05) is 6.54 Å². The molecule has 0 aliphatic rings. The van der Waals surface area contributed by atoms with Crippen LogP contribution in [-0.4, -0.2) is 30.4 Å². The zero-order chi connectivity index (χ0) is 16.1. The van der Waals surface area contributed by atoms with Gasteiger partial charge in [0.1, 0.15) is 23.8 Å². The number of hydrogen-bond acceptors (Lipinski definition) is 3. The Kier molecular flexibility index (Phi) is 5.98. The van der Waals surface area contributed by atoms with Gasteiger partial charge >= 0.3 is 6.18 Å². The Morgan fingerprint density at radius 1 is 1.29 bits per heavy atom. The summed E-state index contributed by atoms with van der Waals surface area (Å²) < 4.78 is 55.9. The van der Waals surface area contributed by atoms with Crippen LogP contribution in [0.4, 0.5) is 17.6 Å². The molecule has 3 nitrogen and oxygen atoms in total. The van der Waals surface area contributed by atoms with Gasteiger partial charge in [-0.15, -0.1) is 0 Å². The molecule has 21 heavy (non-hydrogen) atoms. The lowest BCUT2D eigenvalue weighted by Gasteiger charge is -2.24. The van der Waals surface area contributed by atoms with Gasteiger partial charge in [-0.3, -0.25) is 0 Å². The van der Waals surface area contributed by atoms with Crippen LogP contribution in [0.25, 0.3) is 0 Å². The van der Waals surface area contributed by atoms with Gasteiger partial charge in [-0.05, 0) is 38.1 Å². The van der Waals surface area contributed by atoms with E-state index in [-0.39, 0.29) is 18.9 Å². The Balaban J connectivity index is 2.67. The predicted molar refractivity (Wildman–Crippen MR) is 70.7 cm³/mol. The first-order valence-corrected chi connectivity index (χ1v) is 6.58. The molecule has 0 aromatic heterocycles. The van der Waals surface area contributed by atoms with E-state index in [4.69, 9.17) is 4.74 Å². The van der Waals surface area contributed by atoms with E-state index in [1.165, 1.54) is 6.92 Å². The Hall–Kier alpha value is -1.34. The second-order valence-corrected chi connectivity index (χ2v) is 5.10. The van der Waals surface area contributed by atoms with Crippen LogP contribution < -0.4 is 10.1 Å². The maximum atomic E-state index is 13.1. The second-order valence-electron chi connectivity index (χ2n) is 5.10. The Morgan fingerprint density at radius 3 is 2.52 bits per heavy atom. The van der Waals surface area contributed by atoms with Gasteiger partial charge in [0.25, 0.3) is 0 Å². The third-order valence-corrected chi connectivity index (χ3v) is 2.73. The molecule has 1 aromatic rings. The van der Waals surface area contributed by atoms with Crippen LogP contribution >= 0.6 is 0 Å². The van der Waals surface area contributed by atoms with Crippen molar-refractivity contribution < 1.29 is 27.4 Å². The third-order valence-electron chi connectivity index (χ3n) is 2.73. The van der Waals surface area contributed by atoms with E-state index in [2.05, 4.69) is 5.32 Å². The van der Waals surface area contributed by atoms with Crippen molar-refractivity contribution in [1.29, 1.82) is 0 Å². The Labute approximate surface area is 120 Å². The minimum absolute atomic E-state index is 0.139. The van der Waals surface area contributed by atoms with Crippen molar-refractivity contribution in [2.45, 2.75) is 32.0 Å². The lowest BCUT2D eigenvalue weighted by Crippen LogP contribution is -2.43. The highest BCUT2D eigenvalue weighted by molar-refractivity contribution is 5.31. The number of ether oxygens (including phenoxy) is 1. The molecule has 1 rings (SSSR count). The number of rotatable bonds is 7. The number of halogens is 4. The lowest BCUT2D eigenvalue weighted by atomic mass is 10.1. The molecule has 0 bridgehead atoms. The van der Waals surface area contributed by atoms with E-state index in [0.29, 0.717) is 18.7 Å². The highest BCUT2D eigenvalue weighted by Crippen LogP contribution is 2.33. The van der Waals surface area contributed by atoms with Crippen molar-refractivity contribution in [2.75, 3.05) is 19.7 Å². The maximum Gasteiger partial charge on any atom is 0.419 e. The molecule has 120 valence electrons. The van der Waals surface area contributed by atoms with Gasteiger partial charge < -0.3 is 15.2 Å². The Morgan fingerprint density at radius 2 is 1.95 bits per heavy atom. The average Bonchev–Trinajstić information content (AvgIpc) is 2.36. The van der Waals surface area contributed by atoms with E-state index in [9.17, 15) is 22.7 Å². The quantitative estimate of drug-likeness (QED) is 0.601. The van der Waals surface area contributed by atoms with E-state index in [1.54, 1.807) is 0 Å². The van der Waals surface area contributed by atoms with Crippen molar-refractivity contribution >= 4 is 0 Å². The summed E-state index contributed by atoms with van der Waals surface area (Å²) >= 11 is 0. The fourth-order valence-electron chi connectivity index (χ4n) is 1.64. The maximum absolute atomic E-state index is 13.1. The summed E-state index contributed by atoms with van der Waals surface area (Å²) in [7, 11) is 0. The number of alkyl halides is 3. The monoisotopic (exact) mass is 309 g/mol. The zero-order valence-corrected chi connectivity index (χ0v) is 11.9. The van der Waals surface area contributed by atoms with Gasteiger partial charge in [-0.2, -0.15) is 13.2 Å². The standard InChI is InChI=1S/C14H19F4NO2/c1-3-6-19-8-13(2,20)9-21-10-4-5-12(15)11(7-10)14(16,17)18/h4-5,7,19-20H,3,6,8-9H2,1-2H3. The SMILES string of the molecule is CCCNCC(C)(O)COc1ccc(F)c(C(F)(F)F)c1. The smallest absolute Gasteiger partial charge is 0.419 e. The van der Waals surface area contributed by atoms with Crippen LogP contribution in [0, 0.1) is 5.82 Å². The van der Waals surface area contributed by atoms with Crippen LogP contribution in [0.3, 0.4) is 0 Å². The number of benzene rings is 1. The molecule has 0 aliphatic heterocycles. The van der Waals surface area contributed by atoms with E-state index in [0.717, 1.165) is 12.5 Å².